The van der Waals surface area contributed by atoms with Crippen molar-refractivity contribution in [2.75, 3.05) is 43.4 Å². The molecule has 2 aromatic carbocycles. The van der Waals surface area contributed by atoms with Gasteiger partial charge >= 0.3 is 12.1 Å². The smallest absolute Gasteiger partial charge is 0.407 e. The van der Waals surface area contributed by atoms with Crippen LogP contribution in [0.25, 0.3) is 6.08 Å². The lowest BCUT2D eigenvalue weighted by Crippen LogP contribution is -2.45. The van der Waals surface area contributed by atoms with E-state index in [1.54, 1.807) is 74.7 Å². The van der Waals surface area contributed by atoms with E-state index in [2.05, 4.69) is 36.6 Å². The van der Waals surface area contributed by atoms with Gasteiger partial charge in [-0.2, -0.15) is 0 Å². The Balaban J connectivity index is 1.04. The number of Topliss-reactive ketones (excluding diaryl/α,β-unsaturated/α-hetero) is 2. The number of benzene rings is 2. The maximum atomic E-state index is 13.7. The van der Waals surface area contributed by atoms with Crippen LogP contribution in [0.2, 0.25) is 0 Å². The van der Waals surface area contributed by atoms with Gasteiger partial charge in [0.25, 0.3) is 17.7 Å². The molecule has 2 aliphatic heterocycles. The molecule has 0 fully saturated rings. The molecule has 2 aliphatic rings. The average Bonchev–Trinajstić information content (AvgIpc) is 3.66. The van der Waals surface area contributed by atoms with Crippen LogP contribution in [0, 0.1) is 11.8 Å². The van der Waals surface area contributed by atoms with Crippen molar-refractivity contribution in [3.63, 3.8) is 0 Å². The zero-order valence-corrected chi connectivity index (χ0v) is 45.4. The van der Waals surface area contributed by atoms with Crippen molar-refractivity contribution in [3.05, 3.63) is 101 Å². The molecule has 1 aromatic heterocycles. The van der Waals surface area contributed by atoms with E-state index in [1.807, 2.05) is 18.7 Å². The van der Waals surface area contributed by atoms with Crippen molar-refractivity contribution in [2.45, 2.75) is 117 Å². The maximum Gasteiger partial charge on any atom is 0.407 e. The number of alkyl carbamates (subject to hydrolysis) is 1. The first kappa shape index (κ1) is 61.3. The molecule has 22 heteroatoms. The molecule has 9 N–H and O–H groups in total. The van der Waals surface area contributed by atoms with E-state index >= 15 is 0 Å². The molecule has 422 valence electrons. The summed E-state index contributed by atoms with van der Waals surface area (Å²) in [7, 11) is 0. The fourth-order valence-corrected chi connectivity index (χ4v) is 8.80. The first-order valence-electron chi connectivity index (χ1n) is 26.8. The van der Waals surface area contributed by atoms with E-state index in [-0.39, 0.29) is 112 Å². The van der Waals surface area contributed by atoms with Gasteiger partial charge < -0.3 is 47.7 Å². The topological polar surface area (TPSA) is 324 Å². The number of aryl methyl sites for hydroxylation is 1. The molecule has 0 bridgehead atoms. The van der Waals surface area contributed by atoms with Gasteiger partial charge in [-0.3, -0.25) is 48.2 Å². The Morgan fingerprint density at radius 3 is 2.22 bits per heavy atom. The minimum Gasteiger partial charge on any atom is -0.445 e. The van der Waals surface area contributed by atoms with Crippen molar-refractivity contribution in [3.8, 4) is 0 Å². The zero-order chi connectivity index (χ0) is 57.4. The minimum absolute atomic E-state index is 0.0632. The number of aromatic nitrogens is 1. The number of carbonyl (C=O) groups excluding carboxylic acids is 10. The Labute approximate surface area is 460 Å². The molecule has 0 aliphatic carbocycles. The van der Waals surface area contributed by atoms with E-state index in [0.29, 0.717) is 83.7 Å². The van der Waals surface area contributed by atoms with Gasteiger partial charge in [0.15, 0.2) is 11.6 Å². The molecule has 9 amide bonds. The Morgan fingerprint density at radius 2 is 1.53 bits per heavy atom. The molecule has 5 rings (SSSR count). The summed E-state index contributed by atoms with van der Waals surface area (Å²) >= 11 is 0. The number of hydrogen-bond donors (Lipinski definition) is 7. The number of imide groups is 1. The summed E-state index contributed by atoms with van der Waals surface area (Å²) in [5, 5.41) is 13.4. The average molecular weight is 1090 g/mol. The number of pyridine rings is 1. The van der Waals surface area contributed by atoms with Crippen LogP contribution in [0.5, 0.6) is 0 Å². The van der Waals surface area contributed by atoms with Crippen molar-refractivity contribution < 1.29 is 52.7 Å². The van der Waals surface area contributed by atoms with E-state index in [0.717, 1.165) is 17.7 Å². The molecule has 1 unspecified atom stereocenters. The summed E-state index contributed by atoms with van der Waals surface area (Å²) in [6.07, 6.45) is 10.7. The van der Waals surface area contributed by atoms with Gasteiger partial charge in [-0.1, -0.05) is 52.3 Å². The molecule has 0 radical (unpaired) electrons. The number of carbonyl (C=O) groups is 10. The Kier molecular flexibility index (Phi) is 24.0. The summed E-state index contributed by atoms with van der Waals surface area (Å²) < 4.78 is 5.31. The monoisotopic (exact) mass is 1090 g/mol. The van der Waals surface area contributed by atoms with Crippen LogP contribution in [0.3, 0.4) is 0 Å². The first-order chi connectivity index (χ1) is 37.8. The fourth-order valence-electron chi connectivity index (χ4n) is 8.80. The Hall–Kier alpha value is -8.56. The maximum absolute atomic E-state index is 13.7. The number of nitrogens with two attached hydrogens (primary N) is 2. The van der Waals surface area contributed by atoms with Crippen LogP contribution in [-0.2, 0) is 51.3 Å². The second-order valence-corrected chi connectivity index (χ2v) is 19.8. The molecule has 22 nitrogen and oxygen atoms in total. The Morgan fingerprint density at radius 1 is 0.810 bits per heavy atom. The number of nitrogens with one attached hydrogen (secondary N) is 5. The third-order valence-electron chi connectivity index (χ3n) is 12.9. The number of unbranched alkanes of at least 4 members (excludes halogenated alkanes) is 2. The van der Waals surface area contributed by atoms with Crippen LogP contribution in [0.1, 0.15) is 125 Å². The third-order valence-corrected chi connectivity index (χ3v) is 12.9. The van der Waals surface area contributed by atoms with Gasteiger partial charge in [0.1, 0.15) is 12.4 Å². The van der Waals surface area contributed by atoms with Gasteiger partial charge in [0.2, 0.25) is 17.7 Å². The number of nitrogens with zero attached hydrogens (tertiary/aromatic N) is 4. The molecule has 79 heavy (non-hydrogen) atoms. The number of rotatable bonds is 31. The summed E-state index contributed by atoms with van der Waals surface area (Å²) in [5.41, 5.74) is 15.5. The fraction of sp³-hybridized carbons (Fsp3) is 0.439. The van der Waals surface area contributed by atoms with Crippen molar-refractivity contribution in [1.82, 2.24) is 30.7 Å². The number of ether oxygens (including phenoxy) is 1. The van der Waals surface area contributed by atoms with Gasteiger partial charge in [0, 0.05) is 98.5 Å². The molecule has 3 heterocycles. The number of urea groups is 1. The van der Waals surface area contributed by atoms with Gasteiger partial charge in [-0.05, 0) is 98.4 Å². The number of anilines is 2. The van der Waals surface area contributed by atoms with Crippen molar-refractivity contribution >= 4 is 88.1 Å². The molecule has 3 aromatic rings. The summed E-state index contributed by atoms with van der Waals surface area (Å²) in [5.74, 6) is -3.50. The van der Waals surface area contributed by atoms with E-state index in [1.165, 1.54) is 18.3 Å². The number of hydrogen-bond acceptors (Lipinski definition) is 14. The lowest BCUT2D eigenvalue weighted by atomic mass is 9.89. The number of fused-ring (bicyclic) bond motifs is 1. The van der Waals surface area contributed by atoms with Crippen molar-refractivity contribution in [1.29, 1.82) is 0 Å². The molecule has 0 saturated heterocycles. The van der Waals surface area contributed by atoms with Crippen LogP contribution < -0.4 is 38.1 Å². The number of amidine groups is 1. The highest BCUT2D eigenvalue weighted by molar-refractivity contribution is 6.13. The second-order valence-electron chi connectivity index (χ2n) is 19.8. The van der Waals surface area contributed by atoms with Crippen LogP contribution in [0.4, 0.5) is 26.7 Å². The molecular weight excluding hydrogens is 1010 g/mol. The van der Waals surface area contributed by atoms with Crippen LogP contribution >= 0.6 is 0 Å². The number of primary amides is 1. The molecule has 0 spiro atoms. The zero-order valence-electron chi connectivity index (χ0n) is 45.4. The highest BCUT2D eigenvalue weighted by Crippen LogP contribution is 2.29. The van der Waals surface area contributed by atoms with E-state index in [4.69, 9.17) is 16.2 Å². The van der Waals surface area contributed by atoms with E-state index < -0.39 is 35.9 Å². The summed E-state index contributed by atoms with van der Waals surface area (Å²) in [6.45, 7) is 8.88. The normalized spacial score (nSPS) is 13.5. The predicted molar refractivity (Wildman–Crippen MR) is 297 cm³/mol. The highest BCUT2D eigenvalue weighted by atomic mass is 16.5. The second kappa shape index (κ2) is 31.0. The first-order valence-corrected chi connectivity index (χ1v) is 26.8. The summed E-state index contributed by atoms with van der Waals surface area (Å²) in [6, 6.07) is 11.6. The third kappa shape index (κ3) is 20.1. The van der Waals surface area contributed by atoms with Crippen molar-refractivity contribution in [2.24, 2.45) is 28.3 Å². The standard InChI is InChI=1S/C57H73N11O11/c1-5-24-67(25-6-2)55(76)42-28-39-16-17-41(29-46(39)65-48(58)31-42)54(75)64-44-27-38(32-60-33-44)15-20-45(69)34-62-57(78)79-35-37-13-18-43(19-14-37)63-53(74)40(11-10-23-61-56(59)77)30-47(70)52(36(3)4)66-49(71)12-8-7-9-26-68-50(72)21-22-51(68)73/h13-14,16-19,21-22,27-29,32-33,36,40,52H,5-12,15,20,23-26,30-31,34-35H2,1-4H3,(H2,58,65)(H,62,78)(H,63,74)(H,64,75)(H,66,71)(H3,59,61,77)/t40-,52?/m1/s1. The molecular formula is C57H73N11O11. The minimum atomic E-state index is -0.867. The molecule has 2 atom stereocenters. The summed E-state index contributed by atoms with van der Waals surface area (Å²) in [4.78, 5) is 139. The highest BCUT2D eigenvalue weighted by Gasteiger charge is 2.30. The van der Waals surface area contributed by atoms with Crippen LogP contribution in [0.15, 0.2) is 83.6 Å². The van der Waals surface area contributed by atoms with Gasteiger partial charge in [-0.25, -0.2) is 14.6 Å². The largest absolute Gasteiger partial charge is 0.445 e. The van der Waals surface area contributed by atoms with Crippen LogP contribution in [-0.4, -0.2) is 119 Å². The molecule has 0 saturated carbocycles. The quantitative estimate of drug-likeness (QED) is 0.0297. The SMILES string of the molecule is CCCN(CCC)C(=O)C1=Cc2ccc(C(=O)Nc3cncc(CCC(=O)CNC(=O)OCc4ccc(NC(=O)[C@H](CCCNC(N)=O)CC(=O)C(NC(=O)CCCCCN5C(=O)C=CC5=O)C(C)C)cc4)c3)cc2N=C(N)C1. The predicted octanol–water partition coefficient (Wildman–Crippen LogP) is 5.78. The van der Waals surface area contributed by atoms with E-state index in [9.17, 15) is 47.9 Å². The lowest BCUT2D eigenvalue weighted by molar-refractivity contribution is -0.137. The number of aliphatic imine (C=N–C) groups is 1. The van der Waals surface area contributed by atoms with Gasteiger partial charge in [0.05, 0.1) is 30.2 Å². The Bertz CT molecular complexity index is 2790. The van der Waals surface area contributed by atoms with Gasteiger partial charge in [-0.15, -0.1) is 0 Å². The number of ketones is 2. The number of amides is 9. The lowest BCUT2D eigenvalue weighted by Gasteiger charge is -2.24.